The Morgan fingerprint density at radius 2 is 1.70 bits per heavy atom. The van der Waals surface area contributed by atoms with Gasteiger partial charge in [-0.15, -0.1) is 0 Å². The molecule has 0 saturated heterocycles. The van der Waals surface area contributed by atoms with Crippen LogP contribution < -0.4 is 0 Å². The van der Waals surface area contributed by atoms with Gasteiger partial charge in [0.15, 0.2) is 0 Å². The molecule has 1 aromatic rings. The van der Waals surface area contributed by atoms with Crippen LogP contribution in [-0.2, 0) is 11.9 Å². The van der Waals surface area contributed by atoms with Crippen molar-refractivity contribution in [3.63, 3.8) is 0 Å². The number of hydrogen-bond acceptors (Lipinski definition) is 0. The van der Waals surface area contributed by atoms with Gasteiger partial charge in [-0.05, 0) is 0 Å². The summed E-state index contributed by atoms with van der Waals surface area (Å²) in [5.74, 6) is 0.609. The fraction of sp³-hybridized carbons (Fsp3) is 0.500. The van der Waals surface area contributed by atoms with Crippen molar-refractivity contribution in [3.05, 3.63) is 63.3 Å². The molecule has 0 fully saturated rings. The van der Waals surface area contributed by atoms with Crippen molar-refractivity contribution in [2.24, 2.45) is 5.92 Å². The molecule has 0 saturated carbocycles. The van der Waals surface area contributed by atoms with Gasteiger partial charge < -0.3 is 0 Å². The molecule has 0 aromatic heterocycles. The first-order valence-corrected chi connectivity index (χ1v) is 27.4. The topological polar surface area (TPSA) is 0 Å². The predicted molar refractivity (Wildman–Crippen MR) is 134 cm³/mol. The molecule has 0 radical (unpaired) electrons. The Morgan fingerprint density at radius 3 is 2.30 bits per heavy atom. The van der Waals surface area contributed by atoms with Gasteiger partial charge in [0.1, 0.15) is 0 Å². The molecule has 2 unspecified atom stereocenters. The Balaban J connectivity index is 2.22. The van der Waals surface area contributed by atoms with Crippen molar-refractivity contribution < 1.29 is 11.9 Å². The van der Waals surface area contributed by atoms with E-state index in [2.05, 4.69) is 115 Å². The van der Waals surface area contributed by atoms with E-state index < -0.39 is 11.9 Å². The van der Waals surface area contributed by atoms with Crippen LogP contribution in [0.25, 0.3) is 6.08 Å². The monoisotopic (exact) mass is 664 g/mol. The molecule has 0 nitrogen and oxygen atoms in total. The number of benzene rings is 1. The normalized spacial score (nSPS) is 25.6. The minimum atomic E-state index is -2.79. The standard InChI is InChI=1S/C12H13.C12H19.2HI.Zr/c1-9(2)12-7-10-5-3-4-6-11(10)8-12;1-6-7-12-10(4)8(2)9(3)11(12)5;;;/h3-9H,1-2H3;6-7H2,1-5H3;2*1H;/q;;;;+2/p-2. The molecular formula is C24H32I2Zr. The summed E-state index contributed by atoms with van der Waals surface area (Å²) in [5.41, 5.74) is 11.3. The van der Waals surface area contributed by atoms with Crippen molar-refractivity contribution >= 4 is 42.2 Å². The maximum atomic E-state index is 3.02. The second-order valence-corrected chi connectivity index (χ2v) is 48.0. The van der Waals surface area contributed by atoms with Crippen molar-refractivity contribution in [1.29, 1.82) is 0 Å². The molecule has 0 spiro atoms. The van der Waals surface area contributed by atoms with E-state index >= 15 is 0 Å². The Bertz CT molecular complexity index is 857. The molecule has 3 heteroatoms. The van der Waals surface area contributed by atoms with Gasteiger partial charge in [0.2, 0.25) is 0 Å². The fourth-order valence-corrected chi connectivity index (χ4v) is 30.6. The van der Waals surface area contributed by atoms with Crippen LogP contribution in [0, 0.1) is 5.92 Å². The van der Waals surface area contributed by atoms with Crippen molar-refractivity contribution in [1.82, 2.24) is 0 Å². The van der Waals surface area contributed by atoms with Crippen LogP contribution in [0.5, 0.6) is 0 Å². The molecule has 0 aliphatic heterocycles. The summed E-state index contributed by atoms with van der Waals surface area (Å²) >= 11 is 3.25. The van der Waals surface area contributed by atoms with Gasteiger partial charge in [-0.1, -0.05) is 0 Å². The number of hydrogen-bond donors (Lipinski definition) is 0. The van der Waals surface area contributed by atoms with Crippen molar-refractivity contribution in [2.75, 3.05) is 0 Å². The Kier molecular flexibility index (Phi) is 6.77. The first kappa shape index (κ1) is 22.5. The first-order chi connectivity index (χ1) is 12.6. The summed E-state index contributed by atoms with van der Waals surface area (Å²) in [6, 6.07) is 9.19. The Labute approximate surface area is 189 Å². The van der Waals surface area contributed by atoms with E-state index in [0.29, 0.717) is 9.54 Å². The van der Waals surface area contributed by atoms with E-state index in [1.807, 2.05) is 0 Å². The van der Waals surface area contributed by atoms with Crippen LogP contribution >= 0.6 is 36.1 Å². The number of fused-ring (bicyclic) bond motifs is 1. The Morgan fingerprint density at radius 1 is 1.07 bits per heavy atom. The third-order valence-electron chi connectivity index (χ3n) is 7.09. The Hall–Kier alpha value is 0.783. The van der Waals surface area contributed by atoms with Crippen molar-refractivity contribution in [2.45, 2.75) is 68.1 Å². The van der Waals surface area contributed by atoms with Crippen LogP contribution in [0.15, 0.2) is 52.1 Å². The molecule has 3 rings (SSSR count). The third-order valence-corrected chi connectivity index (χ3v) is 35.5. The molecule has 27 heavy (non-hydrogen) atoms. The fourth-order valence-electron chi connectivity index (χ4n) is 5.16. The molecule has 2 atom stereocenters. The molecule has 146 valence electrons. The molecule has 0 amide bonds. The molecule has 2 aliphatic carbocycles. The second-order valence-electron chi connectivity index (χ2n) is 8.71. The quantitative estimate of drug-likeness (QED) is 0.275. The van der Waals surface area contributed by atoms with Crippen LogP contribution in [0.2, 0.25) is 3.12 Å². The molecule has 1 aromatic carbocycles. The average molecular weight is 666 g/mol. The summed E-state index contributed by atoms with van der Waals surface area (Å²) in [4.78, 5) is 0. The molecule has 0 bridgehead atoms. The minimum absolute atomic E-state index is 0.288. The summed E-state index contributed by atoms with van der Waals surface area (Å²) in [6.45, 7) is 16.9. The number of halogens is 2. The molecule has 0 heterocycles. The van der Waals surface area contributed by atoms with Gasteiger partial charge in [0, 0.05) is 0 Å². The van der Waals surface area contributed by atoms with E-state index in [9.17, 15) is 0 Å². The van der Waals surface area contributed by atoms with Gasteiger partial charge in [-0.3, -0.25) is 0 Å². The van der Waals surface area contributed by atoms with E-state index in [-0.39, 0.29) is 3.12 Å². The van der Waals surface area contributed by atoms with Crippen LogP contribution in [0.1, 0.15) is 76.1 Å². The van der Waals surface area contributed by atoms with E-state index in [4.69, 9.17) is 0 Å². The third kappa shape index (κ3) is 3.38. The van der Waals surface area contributed by atoms with E-state index in [1.165, 1.54) is 18.4 Å². The van der Waals surface area contributed by atoms with Gasteiger partial charge in [-0.2, -0.15) is 0 Å². The zero-order valence-electron chi connectivity index (χ0n) is 17.7. The molecule has 2 aliphatic rings. The zero-order valence-corrected chi connectivity index (χ0v) is 24.5. The molecular weight excluding hydrogens is 633 g/mol. The average Bonchev–Trinajstić information content (AvgIpc) is 3.10. The summed E-state index contributed by atoms with van der Waals surface area (Å²) in [5, 5.41) is 0. The maximum absolute atomic E-state index is 3.02. The van der Waals surface area contributed by atoms with Gasteiger partial charge in [-0.25, -0.2) is 0 Å². The molecule has 0 N–H and O–H groups in total. The first-order valence-electron chi connectivity index (χ1n) is 10.2. The van der Waals surface area contributed by atoms with Gasteiger partial charge in [0.25, 0.3) is 0 Å². The van der Waals surface area contributed by atoms with E-state index in [0.717, 1.165) is 0 Å². The van der Waals surface area contributed by atoms with Crippen LogP contribution in [-0.4, -0.2) is 0 Å². The van der Waals surface area contributed by atoms with Crippen LogP contribution in [0.3, 0.4) is 0 Å². The predicted octanol–water partition coefficient (Wildman–Crippen LogP) is 9.28. The second kappa shape index (κ2) is 8.13. The summed E-state index contributed by atoms with van der Waals surface area (Å²) < 4.78 is 0.943. The SMILES string of the molecule is CCCC1=C(C)C(C)=C(C)[C]1(C)[Zr]([I])([I])[CH]1C(C(C)C)=Cc2ccccc21. The number of allylic oxidation sites excluding steroid dienone is 5. The summed E-state index contributed by atoms with van der Waals surface area (Å²) in [7, 11) is 0. The van der Waals surface area contributed by atoms with Gasteiger partial charge in [0.05, 0.1) is 0 Å². The zero-order chi connectivity index (χ0) is 20.1. The van der Waals surface area contributed by atoms with Crippen molar-refractivity contribution in [3.8, 4) is 0 Å². The van der Waals surface area contributed by atoms with E-state index in [1.54, 1.807) is 33.4 Å². The van der Waals surface area contributed by atoms with Crippen LogP contribution in [0.4, 0.5) is 0 Å². The number of rotatable bonds is 5. The summed E-state index contributed by atoms with van der Waals surface area (Å²) in [6.07, 6.45) is 5.01. The van der Waals surface area contributed by atoms with Gasteiger partial charge >= 0.3 is 191 Å².